The van der Waals surface area contributed by atoms with Crippen LogP contribution in [0, 0.1) is 0 Å². The lowest BCUT2D eigenvalue weighted by atomic mass is 10.4. The van der Waals surface area contributed by atoms with E-state index in [1.54, 1.807) is 0 Å². The minimum Gasteiger partial charge on any atom is -0.298 e. The molecule has 3 N–H and O–H groups in total. The van der Waals surface area contributed by atoms with Gasteiger partial charge in [-0.3, -0.25) is 10.2 Å². The predicted molar refractivity (Wildman–Crippen MR) is 35.7 cm³/mol. The summed E-state index contributed by atoms with van der Waals surface area (Å²) in [5.74, 6) is 4.81. The zero-order valence-electron chi connectivity index (χ0n) is 5.52. The Labute approximate surface area is 62.0 Å². The van der Waals surface area contributed by atoms with Crippen molar-refractivity contribution >= 4 is 12.3 Å². The maximum absolute atomic E-state index is 10.7. The number of hydrazine groups is 1. The molecule has 0 saturated carbocycles. The minimum atomic E-state index is -0.585. The van der Waals surface area contributed by atoms with Crippen molar-refractivity contribution < 1.29 is 9.59 Å². The summed E-state index contributed by atoms with van der Waals surface area (Å²) in [4.78, 5) is 20.8. The van der Waals surface area contributed by atoms with Gasteiger partial charge in [0.15, 0.2) is 6.29 Å². The van der Waals surface area contributed by atoms with Gasteiger partial charge in [0.25, 0.3) is 0 Å². The van der Waals surface area contributed by atoms with E-state index in [9.17, 15) is 9.59 Å². The topological polar surface area (TPSA) is 90.0 Å². The fraction of sp³-hybridized carbons (Fsp3) is 0. The first-order chi connectivity index (χ1) is 5.27. The highest BCUT2D eigenvalue weighted by molar-refractivity contribution is 5.79. The Kier molecular flexibility index (Phi) is 1.98. The SMILES string of the molecule is NNC(=O)n1cc(C=O)cn1. The van der Waals surface area contributed by atoms with E-state index in [4.69, 9.17) is 5.84 Å². The molecule has 0 spiro atoms. The Hall–Kier alpha value is -1.69. The largest absolute Gasteiger partial charge is 0.356 e. The second-order valence-electron chi connectivity index (χ2n) is 1.79. The van der Waals surface area contributed by atoms with E-state index in [0.717, 1.165) is 4.68 Å². The number of aldehydes is 1. The van der Waals surface area contributed by atoms with Crippen molar-refractivity contribution in [2.45, 2.75) is 0 Å². The van der Waals surface area contributed by atoms with Gasteiger partial charge in [0, 0.05) is 6.20 Å². The highest BCUT2D eigenvalue weighted by atomic mass is 16.2. The van der Waals surface area contributed by atoms with Crippen LogP contribution < -0.4 is 11.3 Å². The lowest BCUT2D eigenvalue weighted by Gasteiger charge is -1.94. The van der Waals surface area contributed by atoms with Gasteiger partial charge in [0.2, 0.25) is 0 Å². The molecule has 0 radical (unpaired) electrons. The van der Waals surface area contributed by atoms with Crippen LogP contribution in [-0.4, -0.2) is 22.1 Å². The maximum Gasteiger partial charge on any atom is 0.356 e. The summed E-state index contributed by atoms with van der Waals surface area (Å²) < 4.78 is 0.934. The molecule has 0 fully saturated rings. The van der Waals surface area contributed by atoms with Crippen LogP contribution >= 0.6 is 0 Å². The smallest absolute Gasteiger partial charge is 0.298 e. The van der Waals surface area contributed by atoms with Crippen LogP contribution in [0.5, 0.6) is 0 Å². The normalized spacial score (nSPS) is 9.18. The summed E-state index contributed by atoms with van der Waals surface area (Å²) in [7, 11) is 0. The molecule has 0 aliphatic heterocycles. The second-order valence-corrected chi connectivity index (χ2v) is 1.79. The Balaban J connectivity index is 2.88. The number of carbonyl (C=O) groups is 2. The summed E-state index contributed by atoms with van der Waals surface area (Å²) in [5.41, 5.74) is 2.19. The molecule has 0 atom stereocenters. The van der Waals surface area contributed by atoms with Gasteiger partial charge >= 0.3 is 6.03 Å². The molecule has 6 heteroatoms. The monoisotopic (exact) mass is 154 g/mol. The summed E-state index contributed by atoms with van der Waals surface area (Å²) in [6.07, 6.45) is 3.13. The van der Waals surface area contributed by atoms with Gasteiger partial charge in [0.05, 0.1) is 11.8 Å². The van der Waals surface area contributed by atoms with Crippen molar-refractivity contribution in [3.63, 3.8) is 0 Å². The van der Waals surface area contributed by atoms with Gasteiger partial charge in [-0.05, 0) is 0 Å². The van der Waals surface area contributed by atoms with Crippen LogP contribution in [0.25, 0.3) is 0 Å². The van der Waals surface area contributed by atoms with E-state index in [1.807, 2.05) is 5.43 Å². The Morgan fingerprint density at radius 2 is 2.55 bits per heavy atom. The average Bonchev–Trinajstić information content (AvgIpc) is 2.50. The first-order valence-electron chi connectivity index (χ1n) is 2.78. The first kappa shape index (κ1) is 7.42. The van der Waals surface area contributed by atoms with Crippen molar-refractivity contribution in [2.24, 2.45) is 5.84 Å². The van der Waals surface area contributed by atoms with E-state index in [-0.39, 0.29) is 0 Å². The Bertz CT molecular complexity index is 280. The lowest BCUT2D eigenvalue weighted by molar-refractivity contribution is 0.112. The average molecular weight is 154 g/mol. The zero-order valence-corrected chi connectivity index (χ0v) is 5.52. The van der Waals surface area contributed by atoms with Crippen molar-refractivity contribution in [3.05, 3.63) is 18.0 Å². The van der Waals surface area contributed by atoms with E-state index in [0.29, 0.717) is 11.8 Å². The summed E-state index contributed by atoms with van der Waals surface area (Å²) in [6, 6.07) is -0.585. The molecular weight excluding hydrogens is 148 g/mol. The van der Waals surface area contributed by atoms with Crippen molar-refractivity contribution in [2.75, 3.05) is 0 Å². The predicted octanol–water partition coefficient (Wildman–Crippen LogP) is -0.873. The molecule has 1 heterocycles. The van der Waals surface area contributed by atoms with E-state index in [2.05, 4.69) is 5.10 Å². The van der Waals surface area contributed by atoms with Crippen LogP contribution in [0.4, 0.5) is 4.79 Å². The molecule has 0 bridgehead atoms. The van der Waals surface area contributed by atoms with Gasteiger partial charge in [-0.1, -0.05) is 0 Å². The maximum atomic E-state index is 10.7. The number of nitrogens with zero attached hydrogens (tertiary/aromatic N) is 2. The van der Waals surface area contributed by atoms with Gasteiger partial charge < -0.3 is 0 Å². The molecule has 11 heavy (non-hydrogen) atoms. The lowest BCUT2D eigenvalue weighted by Crippen LogP contribution is -2.34. The fourth-order valence-corrected chi connectivity index (χ4v) is 0.575. The standard InChI is InChI=1S/C5H6N4O2/c6-8-5(11)9-2-4(3-10)1-7-9/h1-3H,6H2,(H,8,11). The number of rotatable bonds is 1. The molecule has 0 unspecified atom stereocenters. The van der Waals surface area contributed by atoms with Gasteiger partial charge in [0.1, 0.15) is 0 Å². The minimum absolute atomic E-state index is 0.327. The number of amides is 1. The molecule has 58 valence electrons. The molecular formula is C5H6N4O2. The number of nitrogens with one attached hydrogen (secondary N) is 1. The van der Waals surface area contributed by atoms with Crippen LogP contribution in [0.15, 0.2) is 12.4 Å². The highest BCUT2D eigenvalue weighted by Gasteiger charge is 2.02. The molecule has 0 aliphatic carbocycles. The molecule has 0 saturated heterocycles. The summed E-state index contributed by atoms with van der Waals surface area (Å²) in [6.45, 7) is 0. The van der Waals surface area contributed by atoms with Crippen LogP contribution in [0.2, 0.25) is 0 Å². The quantitative estimate of drug-likeness (QED) is 0.238. The number of nitrogens with two attached hydrogens (primary N) is 1. The van der Waals surface area contributed by atoms with Crippen molar-refractivity contribution in [3.8, 4) is 0 Å². The third-order valence-electron chi connectivity index (χ3n) is 1.07. The number of aromatic nitrogens is 2. The number of nitrogen functional groups attached to an aromatic ring is 1. The third kappa shape index (κ3) is 1.41. The molecule has 1 rings (SSSR count). The van der Waals surface area contributed by atoms with E-state index in [1.165, 1.54) is 12.4 Å². The fourth-order valence-electron chi connectivity index (χ4n) is 0.575. The number of hydrogen-bond acceptors (Lipinski definition) is 4. The molecule has 1 amide bonds. The molecule has 0 aromatic carbocycles. The van der Waals surface area contributed by atoms with Crippen LogP contribution in [0.1, 0.15) is 10.4 Å². The summed E-state index contributed by atoms with van der Waals surface area (Å²) in [5, 5.41) is 3.55. The van der Waals surface area contributed by atoms with Gasteiger partial charge in [-0.15, -0.1) is 0 Å². The number of hydrogen-bond donors (Lipinski definition) is 2. The highest BCUT2D eigenvalue weighted by Crippen LogP contribution is 1.91. The Morgan fingerprint density at radius 3 is 3.00 bits per heavy atom. The van der Waals surface area contributed by atoms with E-state index >= 15 is 0 Å². The van der Waals surface area contributed by atoms with Crippen molar-refractivity contribution in [1.82, 2.24) is 15.2 Å². The second kappa shape index (κ2) is 2.93. The zero-order chi connectivity index (χ0) is 8.27. The van der Waals surface area contributed by atoms with E-state index < -0.39 is 6.03 Å². The van der Waals surface area contributed by atoms with Crippen LogP contribution in [0.3, 0.4) is 0 Å². The molecule has 1 aromatic rings. The van der Waals surface area contributed by atoms with Crippen molar-refractivity contribution in [1.29, 1.82) is 0 Å². The van der Waals surface area contributed by atoms with Crippen LogP contribution in [-0.2, 0) is 0 Å². The summed E-state index contributed by atoms with van der Waals surface area (Å²) >= 11 is 0. The van der Waals surface area contributed by atoms with Gasteiger partial charge in [-0.2, -0.15) is 9.78 Å². The molecule has 0 aliphatic rings. The van der Waals surface area contributed by atoms with Gasteiger partial charge in [-0.25, -0.2) is 10.6 Å². The molecule has 1 aromatic heterocycles. The Morgan fingerprint density at radius 1 is 1.82 bits per heavy atom. The molecule has 6 nitrogen and oxygen atoms in total. The number of carbonyl (C=O) groups excluding carboxylic acids is 2. The third-order valence-corrected chi connectivity index (χ3v) is 1.07. The first-order valence-corrected chi connectivity index (χ1v) is 2.78.